The van der Waals surface area contributed by atoms with E-state index in [4.69, 9.17) is 5.41 Å². The third-order valence-electron chi connectivity index (χ3n) is 6.59. The standard InChI is InChI=1S/C26H29F2N5O2/c27-20-7-3-2-6-18(20)16-30-22-8-12-33(25(35)19(22)15-29)23-14-24(31-17-21(23)28)32-26(11-13-34)9-4-1-5-10-26/h2-3,6-8,12,14-15,17,29-30,34H,1,4-5,9-11,13,16H2,(H,31,32). The molecule has 7 nitrogen and oxygen atoms in total. The fraction of sp³-hybridized carbons (Fsp3) is 0.346. The van der Waals surface area contributed by atoms with Crippen molar-refractivity contribution in [3.63, 3.8) is 0 Å². The number of nitrogens with zero attached hydrogens (tertiary/aromatic N) is 2. The maximum Gasteiger partial charge on any atom is 0.266 e. The van der Waals surface area contributed by atoms with E-state index in [0.29, 0.717) is 23.5 Å². The molecule has 9 heteroatoms. The molecule has 0 saturated heterocycles. The Hall–Kier alpha value is -3.59. The van der Waals surface area contributed by atoms with Crippen molar-refractivity contribution in [1.82, 2.24) is 9.55 Å². The average molecular weight is 482 g/mol. The maximum atomic E-state index is 14.8. The molecule has 0 unspecified atom stereocenters. The molecule has 0 atom stereocenters. The molecule has 0 radical (unpaired) electrons. The zero-order valence-electron chi connectivity index (χ0n) is 19.4. The van der Waals surface area contributed by atoms with Gasteiger partial charge in [-0.2, -0.15) is 0 Å². The normalized spacial score (nSPS) is 14.9. The van der Waals surface area contributed by atoms with Crippen molar-refractivity contribution in [2.45, 2.75) is 50.6 Å². The molecule has 1 aliphatic carbocycles. The summed E-state index contributed by atoms with van der Waals surface area (Å²) >= 11 is 0. The summed E-state index contributed by atoms with van der Waals surface area (Å²) in [6.45, 7) is 0.159. The second-order valence-corrected chi connectivity index (χ2v) is 8.87. The molecule has 2 heterocycles. The molecular weight excluding hydrogens is 452 g/mol. The zero-order chi connectivity index (χ0) is 24.8. The van der Waals surface area contributed by atoms with Gasteiger partial charge in [-0.3, -0.25) is 9.36 Å². The van der Waals surface area contributed by atoms with E-state index in [9.17, 15) is 18.7 Å². The van der Waals surface area contributed by atoms with Crippen LogP contribution in [0.4, 0.5) is 20.3 Å². The molecule has 1 aromatic carbocycles. The van der Waals surface area contributed by atoms with Crippen LogP contribution in [0.3, 0.4) is 0 Å². The van der Waals surface area contributed by atoms with Gasteiger partial charge in [0.1, 0.15) is 11.6 Å². The minimum Gasteiger partial charge on any atom is -0.396 e. The minimum absolute atomic E-state index is 0.00575. The van der Waals surface area contributed by atoms with Crippen molar-refractivity contribution in [3.8, 4) is 5.69 Å². The lowest BCUT2D eigenvalue weighted by atomic mass is 9.79. The van der Waals surface area contributed by atoms with Gasteiger partial charge in [0.05, 0.1) is 23.1 Å². The predicted octanol–water partition coefficient (Wildman–Crippen LogP) is 4.62. The first kappa shape index (κ1) is 24.5. The van der Waals surface area contributed by atoms with Crippen LogP contribution in [0.15, 0.2) is 53.6 Å². The summed E-state index contributed by atoms with van der Waals surface area (Å²) in [5, 5.41) is 23.7. The lowest BCUT2D eigenvalue weighted by Gasteiger charge is -2.38. The Morgan fingerprint density at radius 2 is 1.91 bits per heavy atom. The van der Waals surface area contributed by atoms with E-state index in [1.807, 2.05) is 0 Å². The van der Waals surface area contributed by atoms with Crippen molar-refractivity contribution < 1.29 is 13.9 Å². The van der Waals surface area contributed by atoms with E-state index in [1.165, 1.54) is 18.3 Å². The molecule has 184 valence electrons. The lowest BCUT2D eigenvalue weighted by molar-refractivity contribution is 0.215. The predicted molar refractivity (Wildman–Crippen MR) is 133 cm³/mol. The number of halogens is 2. The monoisotopic (exact) mass is 481 g/mol. The van der Waals surface area contributed by atoms with Gasteiger partial charge in [-0.1, -0.05) is 37.5 Å². The largest absolute Gasteiger partial charge is 0.396 e. The molecule has 3 aromatic rings. The van der Waals surface area contributed by atoms with Gasteiger partial charge < -0.3 is 21.1 Å². The number of aromatic nitrogens is 2. The molecule has 1 aliphatic rings. The fourth-order valence-electron chi connectivity index (χ4n) is 4.70. The van der Waals surface area contributed by atoms with Gasteiger partial charge in [0, 0.05) is 42.7 Å². The van der Waals surface area contributed by atoms with Crippen LogP contribution >= 0.6 is 0 Å². The van der Waals surface area contributed by atoms with E-state index in [0.717, 1.165) is 49.1 Å². The van der Waals surface area contributed by atoms with Crippen LogP contribution in [0.25, 0.3) is 5.69 Å². The first-order valence-electron chi connectivity index (χ1n) is 11.7. The molecule has 0 aliphatic heterocycles. The smallest absolute Gasteiger partial charge is 0.266 e. The van der Waals surface area contributed by atoms with Gasteiger partial charge in [-0.05, 0) is 31.4 Å². The first-order chi connectivity index (χ1) is 17.0. The summed E-state index contributed by atoms with van der Waals surface area (Å²) in [6.07, 6.45) is 8.90. The Morgan fingerprint density at radius 1 is 1.14 bits per heavy atom. The van der Waals surface area contributed by atoms with Crippen LogP contribution in [0.1, 0.15) is 49.7 Å². The fourth-order valence-corrected chi connectivity index (χ4v) is 4.70. The number of benzene rings is 1. The molecule has 0 spiro atoms. The van der Waals surface area contributed by atoms with Crippen LogP contribution in [0, 0.1) is 17.0 Å². The summed E-state index contributed by atoms with van der Waals surface area (Å²) in [5.41, 5.74) is -0.104. The van der Waals surface area contributed by atoms with Crippen molar-refractivity contribution in [3.05, 3.63) is 81.9 Å². The second kappa shape index (κ2) is 10.8. The van der Waals surface area contributed by atoms with Gasteiger partial charge in [-0.25, -0.2) is 13.8 Å². The van der Waals surface area contributed by atoms with E-state index < -0.39 is 11.4 Å². The van der Waals surface area contributed by atoms with Crippen LogP contribution in [-0.2, 0) is 6.54 Å². The number of pyridine rings is 2. The van der Waals surface area contributed by atoms with E-state index in [2.05, 4.69) is 15.6 Å². The van der Waals surface area contributed by atoms with E-state index >= 15 is 0 Å². The van der Waals surface area contributed by atoms with Gasteiger partial charge >= 0.3 is 0 Å². The molecular formula is C26H29F2N5O2. The van der Waals surface area contributed by atoms with Crippen molar-refractivity contribution in [1.29, 1.82) is 5.41 Å². The van der Waals surface area contributed by atoms with Gasteiger partial charge in [0.2, 0.25) is 0 Å². The number of hydrogen-bond acceptors (Lipinski definition) is 6. The topological polar surface area (TPSA) is 103 Å². The number of aliphatic hydroxyl groups is 1. The highest BCUT2D eigenvalue weighted by Gasteiger charge is 2.32. The van der Waals surface area contributed by atoms with Crippen molar-refractivity contribution in [2.24, 2.45) is 0 Å². The van der Waals surface area contributed by atoms with Gasteiger partial charge in [0.25, 0.3) is 5.56 Å². The number of aliphatic hydroxyl groups excluding tert-OH is 1. The highest BCUT2D eigenvalue weighted by Crippen LogP contribution is 2.34. The Bertz CT molecular complexity index is 1250. The maximum absolute atomic E-state index is 14.8. The molecule has 4 N–H and O–H groups in total. The number of rotatable bonds is 9. The second-order valence-electron chi connectivity index (χ2n) is 8.87. The molecule has 1 fully saturated rings. The van der Waals surface area contributed by atoms with Crippen LogP contribution in [0.2, 0.25) is 0 Å². The third kappa shape index (κ3) is 5.40. The number of nitrogens with one attached hydrogen (secondary N) is 3. The van der Waals surface area contributed by atoms with Crippen molar-refractivity contribution in [2.75, 3.05) is 17.2 Å². The Morgan fingerprint density at radius 3 is 2.63 bits per heavy atom. The molecule has 0 bridgehead atoms. The highest BCUT2D eigenvalue weighted by molar-refractivity contribution is 5.85. The third-order valence-corrected chi connectivity index (χ3v) is 6.59. The molecule has 2 aromatic heterocycles. The highest BCUT2D eigenvalue weighted by atomic mass is 19.1. The van der Waals surface area contributed by atoms with E-state index in [1.54, 1.807) is 24.3 Å². The molecule has 0 amide bonds. The minimum atomic E-state index is -0.680. The van der Waals surface area contributed by atoms with Crippen LogP contribution in [-0.4, -0.2) is 33.0 Å². The molecule has 35 heavy (non-hydrogen) atoms. The Kier molecular flexibility index (Phi) is 7.55. The summed E-state index contributed by atoms with van der Waals surface area (Å²) in [4.78, 5) is 17.3. The average Bonchev–Trinajstić information content (AvgIpc) is 2.86. The Labute approximate surface area is 202 Å². The van der Waals surface area contributed by atoms with E-state index in [-0.39, 0.29) is 35.8 Å². The molecule has 1 saturated carbocycles. The summed E-state index contributed by atoms with van der Waals surface area (Å²) < 4.78 is 29.9. The van der Waals surface area contributed by atoms with Gasteiger partial charge in [0.15, 0.2) is 5.82 Å². The summed E-state index contributed by atoms with van der Waals surface area (Å²) in [6, 6.07) is 9.32. The van der Waals surface area contributed by atoms with Crippen molar-refractivity contribution >= 4 is 17.7 Å². The van der Waals surface area contributed by atoms with Crippen LogP contribution < -0.4 is 16.2 Å². The molecule has 4 rings (SSSR count). The van der Waals surface area contributed by atoms with Gasteiger partial charge in [-0.15, -0.1) is 0 Å². The number of hydrogen-bond donors (Lipinski definition) is 4. The summed E-state index contributed by atoms with van der Waals surface area (Å²) in [7, 11) is 0. The quantitative estimate of drug-likeness (QED) is 0.334. The SMILES string of the molecule is N=Cc1c(NCc2ccccc2F)ccn(-c2cc(NC3(CCO)CCCCC3)ncc2F)c1=O. The lowest BCUT2D eigenvalue weighted by Crippen LogP contribution is -2.41. The summed E-state index contributed by atoms with van der Waals surface area (Å²) in [5.74, 6) is -0.636. The first-order valence-corrected chi connectivity index (χ1v) is 11.7. The zero-order valence-corrected chi connectivity index (χ0v) is 19.4. The van der Waals surface area contributed by atoms with Crippen LogP contribution in [0.5, 0.6) is 0 Å². The Balaban J connectivity index is 1.63. The number of anilines is 2.